The Labute approximate surface area is 82.7 Å². The topological polar surface area (TPSA) is 80.0 Å². The van der Waals surface area contributed by atoms with Crippen molar-refractivity contribution in [3.63, 3.8) is 0 Å². The Hall–Kier alpha value is -1.78. The highest BCUT2D eigenvalue weighted by Gasteiger charge is 1.97. The molecule has 0 bridgehead atoms. The molecule has 0 fully saturated rings. The zero-order valence-corrected chi connectivity index (χ0v) is 8.08. The van der Waals surface area contributed by atoms with Gasteiger partial charge in [-0.3, -0.25) is 9.78 Å². The average molecular weight is 194 g/mol. The lowest BCUT2D eigenvalue weighted by Gasteiger charge is -2.06. The van der Waals surface area contributed by atoms with Crippen molar-refractivity contribution < 1.29 is 4.79 Å². The number of pyridine rings is 1. The van der Waals surface area contributed by atoms with Crippen molar-refractivity contribution in [3.8, 4) is 0 Å². The number of carbonyl (C=O) groups excluding carboxylic acids is 1. The first-order valence-corrected chi connectivity index (χ1v) is 4.43. The van der Waals surface area contributed by atoms with Crippen LogP contribution in [0.1, 0.15) is 6.92 Å². The molecule has 4 N–H and O–H groups in total. The second kappa shape index (κ2) is 5.06. The third-order valence-electron chi connectivity index (χ3n) is 1.59. The third kappa shape index (κ3) is 3.30. The summed E-state index contributed by atoms with van der Waals surface area (Å²) in [6.45, 7) is 2.96. The minimum Gasteiger partial charge on any atom is -0.384 e. The van der Waals surface area contributed by atoms with Crippen LogP contribution >= 0.6 is 0 Å². The van der Waals surface area contributed by atoms with Gasteiger partial charge in [-0.05, 0) is 13.0 Å². The lowest BCUT2D eigenvalue weighted by atomic mass is 10.3. The summed E-state index contributed by atoms with van der Waals surface area (Å²) < 4.78 is 0. The molecule has 1 heterocycles. The van der Waals surface area contributed by atoms with Crippen molar-refractivity contribution in [2.75, 3.05) is 23.7 Å². The molecule has 1 rings (SSSR count). The number of hydrogen-bond acceptors (Lipinski definition) is 4. The van der Waals surface area contributed by atoms with Crippen LogP contribution in [0.5, 0.6) is 0 Å². The predicted octanol–water partition coefficient (Wildman–Crippen LogP) is 0.411. The molecule has 1 amide bonds. The summed E-state index contributed by atoms with van der Waals surface area (Å²) in [5.41, 5.74) is 6.70. The molecule has 0 aliphatic rings. The van der Waals surface area contributed by atoms with Crippen LogP contribution in [0.15, 0.2) is 18.5 Å². The van der Waals surface area contributed by atoms with Gasteiger partial charge in [0.15, 0.2) is 0 Å². The summed E-state index contributed by atoms with van der Waals surface area (Å²) in [4.78, 5) is 14.5. The van der Waals surface area contributed by atoms with Crippen molar-refractivity contribution in [2.45, 2.75) is 6.92 Å². The monoisotopic (exact) mass is 194 g/mol. The molecule has 0 aliphatic carbocycles. The van der Waals surface area contributed by atoms with Crippen LogP contribution in [-0.2, 0) is 4.79 Å². The van der Waals surface area contributed by atoms with Gasteiger partial charge in [-0.25, -0.2) is 0 Å². The summed E-state index contributed by atoms with van der Waals surface area (Å²) in [6.07, 6.45) is 3.36. The van der Waals surface area contributed by atoms with Gasteiger partial charge in [-0.1, -0.05) is 0 Å². The van der Waals surface area contributed by atoms with Crippen LogP contribution in [0.25, 0.3) is 0 Å². The van der Waals surface area contributed by atoms with Crippen LogP contribution in [0.3, 0.4) is 0 Å². The molecule has 0 spiro atoms. The van der Waals surface area contributed by atoms with Crippen molar-refractivity contribution >= 4 is 17.3 Å². The number of aromatic nitrogens is 1. The Morgan fingerprint density at radius 3 is 2.64 bits per heavy atom. The SMILES string of the molecule is CCNc1cncc(NCC(N)=O)c1. The molecule has 14 heavy (non-hydrogen) atoms. The zero-order valence-electron chi connectivity index (χ0n) is 8.08. The fraction of sp³-hybridized carbons (Fsp3) is 0.333. The van der Waals surface area contributed by atoms with E-state index in [2.05, 4.69) is 15.6 Å². The van der Waals surface area contributed by atoms with Gasteiger partial charge in [-0.15, -0.1) is 0 Å². The van der Waals surface area contributed by atoms with Gasteiger partial charge in [0, 0.05) is 6.54 Å². The highest BCUT2D eigenvalue weighted by molar-refractivity contribution is 5.78. The van der Waals surface area contributed by atoms with Gasteiger partial charge in [-0.2, -0.15) is 0 Å². The van der Waals surface area contributed by atoms with Gasteiger partial charge in [0.2, 0.25) is 5.91 Å². The summed E-state index contributed by atoms with van der Waals surface area (Å²) in [5, 5.41) is 5.98. The minimum absolute atomic E-state index is 0.122. The zero-order chi connectivity index (χ0) is 10.4. The molecule has 1 aromatic rings. The van der Waals surface area contributed by atoms with Gasteiger partial charge in [0.1, 0.15) is 0 Å². The normalized spacial score (nSPS) is 9.50. The quantitative estimate of drug-likeness (QED) is 0.634. The average Bonchev–Trinajstić information content (AvgIpc) is 2.16. The number of amides is 1. The number of carbonyl (C=O) groups is 1. The smallest absolute Gasteiger partial charge is 0.236 e. The highest BCUT2D eigenvalue weighted by Crippen LogP contribution is 2.11. The van der Waals surface area contributed by atoms with E-state index in [0.29, 0.717) is 0 Å². The maximum absolute atomic E-state index is 10.5. The van der Waals surface area contributed by atoms with Gasteiger partial charge >= 0.3 is 0 Å². The lowest BCUT2D eigenvalue weighted by Crippen LogP contribution is -2.21. The van der Waals surface area contributed by atoms with Crippen molar-refractivity contribution in [1.29, 1.82) is 0 Å². The number of primary amides is 1. The fourth-order valence-electron chi connectivity index (χ4n) is 1.03. The Kier molecular flexibility index (Phi) is 3.72. The van der Waals surface area contributed by atoms with Crippen LogP contribution in [0.2, 0.25) is 0 Å². The van der Waals surface area contributed by atoms with E-state index >= 15 is 0 Å². The molecule has 76 valence electrons. The molecule has 5 heteroatoms. The minimum atomic E-state index is -0.390. The molecule has 5 nitrogen and oxygen atoms in total. The first-order valence-electron chi connectivity index (χ1n) is 4.43. The Morgan fingerprint density at radius 1 is 1.43 bits per heavy atom. The number of anilines is 2. The summed E-state index contributed by atoms with van der Waals surface area (Å²) in [6, 6.07) is 1.87. The molecule has 0 saturated heterocycles. The molecule has 0 saturated carbocycles. The number of nitrogens with one attached hydrogen (secondary N) is 2. The molecule has 0 unspecified atom stereocenters. The Morgan fingerprint density at radius 2 is 2.07 bits per heavy atom. The van der Waals surface area contributed by atoms with Crippen LogP contribution in [0, 0.1) is 0 Å². The second-order valence-electron chi connectivity index (χ2n) is 2.81. The summed E-state index contributed by atoms with van der Waals surface area (Å²) >= 11 is 0. The summed E-state index contributed by atoms with van der Waals surface area (Å²) in [7, 11) is 0. The van der Waals surface area contributed by atoms with Gasteiger partial charge < -0.3 is 16.4 Å². The molecule has 0 aliphatic heterocycles. The van der Waals surface area contributed by atoms with Crippen molar-refractivity contribution in [1.82, 2.24) is 4.98 Å². The van der Waals surface area contributed by atoms with E-state index in [9.17, 15) is 4.79 Å². The van der Waals surface area contributed by atoms with E-state index in [0.717, 1.165) is 17.9 Å². The largest absolute Gasteiger partial charge is 0.384 e. The van der Waals surface area contributed by atoms with E-state index in [1.807, 2.05) is 13.0 Å². The molecule has 0 aromatic carbocycles. The second-order valence-corrected chi connectivity index (χ2v) is 2.81. The number of nitrogens with two attached hydrogens (primary N) is 1. The molecule has 0 atom stereocenters. The van der Waals surface area contributed by atoms with E-state index in [1.54, 1.807) is 12.4 Å². The number of rotatable bonds is 5. The maximum Gasteiger partial charge on any atom is 0.236 e. The molecule has 1 aromatic heterocycles. The van der Waals surface area contributed by atoms with Crippen LogP contribution in [-0.4, -0.2) is 24.0 Å². The lowest BCUT2D eigenvalue weighted by molar-refractivity contribution is -0.116. The van der Waals surface area contributed by atoms with Crippen molar-refractivity contribution in [2.24, 2.45) is 5.73 Å². The van der Waals surface area contributed by atoms with Gasteiger partial charge in [0.25, 0.3) is 0 Å². The predicted molar refractivity (Wildman–Crippen MR) is 56.1 cm³/mol. The maximum atomic E-state index is 10.5. The molecular formula is C9H14N4O. The fourth-order valence-corrected chi connectivity index (χ4v) is 1.03. The Balaban J connectivity index is 2.58. The third-order valence-corrected chi connectivity index (χ3v) is 1.59. The van der Waals surface area contributed by atoms with Gasteiger partial charge in [0.05, 0.1) is 30.3 Å². The first-order chi connectivity index (χ1) is 6.72. The number of nitrogens with zero attached hydrogens (tertiary/aromatic N) is 1. The van der Waals surface area contributed by atoms with E-state index < -0.39 is 0 Å². The Bertz CT molecular complexity index is 313. The van der Waals surface area contributed by atoms with Crippen LogP contribution < -0.4 is 16.4 Å². The van der Waals surface area contributed by atoms with Crippen molar-refractivity contribution in [3.05, 3.63) is 18.5 Å². The standard InChI is InChI=1S/C9H14N4O/c1-2-12-7-3-8(5-11-4-7)13-6-9(10)14/h3-5,12-13H,2,6H2,1H3,(H2,10,14). The number of hydrogen-bond donors (Lipinski definition) is 3. The van der Waals surface area contributed by atoms with E-state index in [1.165, 1.54) is 0 Å². The van der Waals surface area contributed by atoms with E-state index in [4.69, 9.17) is 5.73 Å². The molecule has 0 radical (unpaired) electrons. The highest BCUT2D eigenvalue weighted by atomic mass is 16.1. The summed E-state index contributed by atoms with van der Waals surface area (Å²) in [5.74, 6) is -0.390. The first kappa shape index (κ1) is 10.3. The molecular weight excluding hydrogens is 180 g/mol. The van der Waals surface area contributed by atoms with E-state index in [-0.39, 0.29) is 12.5 Å². The van der Waals surface area contributed by atoms with Crippen LogP contribution in [0.4, 0.5) is 11.4 Å².